The topological polar surface area (TPSA) is 39.2 Å². The van der Waals surface area contributed by atoms with Gasteiger partial charge in [0.2, 0.25) is 0 Å². The number of pyridine rings is 1. The van der Waals surface area contributed by atoms with Gasteiger partial charge in [0, 0.05) is 12.4 Å². The van der Waals surface area contributed by atoms with Crippen LogP contribution in [0.3, 0.4) is 0 Å². The Balaban J connectivity index is 0.00000172. The molecule has 0 aliphatic carbocycles. The molecule has 0 unspecified atom stereocenters. The number of aromatic nitrogens is 1. The Morgan fingerprint density at radius 1 is 1.40 bits per heavy atom. The highest BCUT2D eigenvalue weighted by Crippen LogP contribution is 2.13. The molecule has 0 spiro atoms. The maximum atomic E-state index is 11.6. The van der Waals surface area contributed by atoms with Crippen molar-refractivity contribution < 1.29 is 9.53 Å². The van der Waals surface area contributed by atoms with Crippen LogP contribution in [-0.4, -0.2) is 18.1 Å². The van der Waals surface area contributed by atoms with Gasteiger partial charge in [0.1, 0.15) is 0 Å². The molecule has 0 aliphatic rings. The summed E-state index contributed by atoms with van der Waals surface area (Å²) in [6, 6.07) is 1.81. The largest absolute Gasteiger partial charge is 0.465 e. The second-order valence-electron chi connectivity index (χ2n) is 3.74. The Kier molecular flexibility index (Phi) is 9.57. The van der Waals surface area contributed by atoms with Crippen LogP contribution < -0.4 is 0 Å². The Morgan fingerprint density at radius 2 is 2.10 bits per heavy atom. The summed E-state index contributed by atoms with van der Waals surface area (Å²) in [5, 5.41) is 0. The molecular formula is C17H23NO2. The Bertz CT molecular complexity index is 488. The molecule has 0 aliphatic heterocycles. The molecule has 0 amide bonds. The van der Waals surface area contributed by atoms with E-state index in [4.69, 9.17) is 4.74 Å². The van der Waals surface area contributed by atoms with Gasteiger partial charge in [-0.2, -0.15) is 0 Å². The summed E-state index contributed by atoms with van der Waals surface area (Å²) in [6.07, 6.45) is 11.5. The molecule has 1 heterocycles. The molecule has 3 heteroatoms. The SMILES string of the molecule is C=C(/C=C\C=C/C)Cc1ccncc1C(=O)OC.CC. The Hall–Kier alpha value is -2.16. The third-order valence-corrected chi connectivity index (χ3v) is 2.37. The van der Waals surface area contributed by atoms with Crippen molar-refractivity contribution in [1.82, 2.24) is 4.98 Å². The zero-order valence-electron chi connectivity index (χ0n) is 12.7. The molecule has 0 saturated carbocycles. The van der Waals surface area contributed by atoms with E-state index < -0.39 is 0 Å². The number of esters is 1. The van der Waals surface area contributed by atoms with E-state index in [2.05, 4.69) is 11.6 Å². The van der Waals surface area contributed by atoms with Crippen molar-refractivity contribution in [2.75, 3.05) is 7.11 Å². The molecule has 3 nitrogen and oxygen atoms in total. The van der Waals surface area contributed by atoms with Crippen molar-refractivity contribution >= 4 is 5.97 Å². The molecule has 0 saturated heterocycles. The third kappa shape index (κ3) is 6.14. The first-order chi connectivity index (χ1) is 9.69. The number of rotatable bonds is 5. The second kappa shape index (κ2) is 10.7. The summed E-state index contributed by atoms with van der Waals surface area (Å²) in [6.45, 7) is 9.90. The van der Waals surface area contributed by atoms with E-state index in [1.807, 2.05) is 45.1 Å². The van der Waals surface area contributed by atoms with Crippen molar-refractivity contribution in [2.45, 2.75) is 27.2 Å². The van der Waals surface area contributed by atoms with Crippen molar-refractivity contribution in [3.05, 3.63) is 66.0 Å². The first-order valence-corrected chi connectivity index (χ1v) is 6.67. The van der Waals surface area contributed by atoms with Crippen molar-refractivity contribution in [2.24, 2.45) is 0 Å². The maximum absolute atomic E-state index is 11.6. The van der Waals surface area contributed by atoms with Gasteiger partial charge in [0.05, 0.1) is 12.7 Å². The highest BCUT2D eigenvalue weighted by molar-refractivity contribution is 5.90. The number of nitrogens with zero attached hydrogens (tertiary/aromatic N) is 1. The fourth-order valence-corrected chi connectivity index (χ4v) is 1.48. The first-order valence-electron chi connectivity index (χ1n) is 6.67. The van der Waals surface area contributed by atoms with Crippen LogP contribution >= 0.6 is 0 Å². The number of ether oxygens (including phenoxy) is 1. The molecule has 0 bridgehead atoms. The maximum Gasteiger partial charge on any atom is 0.339 e. The number of carbonyl (C=O) groups excluding carboxylic acids is 1. The normalized spacial score (nSPS) is 10.2. The van der Waals surface area contributed by atoms with Gasteiger partial charge in [-0.25, -0.2) is 4.79 Å². The number of allylic oxidation sites excluding steroid dienone is 5. The molecule has 0 N–H and O–H groups in total. The van der Waals surface area contributed by atoms with Gasteiger partial charge < -0.3 is 4.74 Å². The van der Waals surface area contributed by atoms with Crippen LogP contribution in [0.5, 0.6) is 0 Å². The van der Waals surface area contributed by atoms with Crippen LogP contribution in [0.4, 0.5) is 0 Å². The lowest BCUT2D eigenvalue weighted by Crippen LogP contribution is -2.06. The molecule has 20 heavy (non-hydrogen) atoms. The van der Waals surface area contributed by atoms with Gasteiger partial charge in [-0.1, -0.05) is 50.3 Å². The van der Waals surface area contributed by atoms with Crippen molar-refractivity contribution in [1.29, 1.82) is 0 Å². The van der Waals surface area contributed by atoms with Crippen LogP contribution in [-0.2, 0) is 11.2 Å². The summed E-state index contributed by atoms with van der Waals surface area (Å²) in [5.41, 5.74) is 2.28. The summed E-state index contributed by atoms with van der Waals surface area (Å²) in [5.74, 6) is -0.372. The minimum Gasteiger partial charge on any atom is -0.465 e. The van der Waals surface area contributed by atoms with E-state index in [1.54, 1.807) is 12.3 Å². The van der Waals surface area contributed by atoms with Crippen molar-refractivity contribution in [3.63, 3.8) is 0 Å². The van der Waals surface area contributed by atoms with Crippen LogP contribution in [0.15, 0.2) is 54.9 Å². The van der Waals surface area contributed by atoms with E-state index in [0.717, 1.165) is 11.1 Å². The monoisotopic (exact) mass is 273 g/mol. The second-order valence-corrected chi connectivity index (χ2v) is 3.74. The molecule has 0 aromatic carbocycles. The number of carbonyl (C=O) groups is 1. The molecule has 1 aromatic heterocycles. The standard InChI is InChI=1S/C15H17NO2.C2H6/c1-4-5-6-7-12(2)10-13-8-9-16-11-14(13)15(17)18-3;1-2/h4-9,11H,2,10H2,1,3H3;1-2H3/b5-4-,7-6-;. The summed E-state index contributed by atoms with van der Waals surface area (Å²) < 4.78 is 4.72. The lowest BCUT2D eigenvalue weighted by atomic mass is 10.0. The molecule has 108 valence electrons. The van der Waals surface area contributed by atoms with Gasteiger partial charge in [-0.3, -0.25) is 4.98 Å². The number of hydrogen-bond acceptors (Lipinski definition) is 3. The van der Waals surface area contributed by atoms with Crippen LogP contribution in [0.2, 0.25) is 0 Å². The first kappa shape index (κ1) is 17.8. The predicted octanol–water partition coefficient (Wildman–Crippen LogP) is 4.13. The Morgan fingerprint density at radius 3 is 2.70 bits per heavy atom. The zero-order valence-corrected chi connectivity index (χ0v) is 12.7. The lowest BCUT2D eigenvalue weighted by molar-refractivity contribution is 0.0599. The van der Waals surface area contributed by atoms with E-state index in [0.29, 0.717) is 12.0 Å². The van der Waals surface area contributed by atoms with Crippen LogP contribution in [0.25, 0.3) is 0 Å². The minimum absolute atomic E-state index is 0.372. The van der Waals surface area contributed by atoms with Crippen molar-refractivity contribution in [3.8, 4) is 0 Å². The van der Waals surface area contributed by atoms with Crippen LogP contribution in [0, 0.1) is 0 Å². The zero-order chi connectivity index (χ0) is 15.4. The fraction of sp³-hybridized carbons (Fsp3) is 0.294. The van der Waals surface area contributed by atoms with Gasteiger partial charge in [-0.05, 0) is 25.0 Å². The summed E-state index contributed by atoms with van der Waals surface area (Å²) in [7, 11) is 1.36. The van der Waals surface area contributed by atoms with Gasteiger partial charge in [0.15, 0.2) is 0 Å². The number of hydrogen-bond donors (Lipinski definition) is 0. The fourth-order valence-electron chi connectivity index (χ4n) is 1.48. The average molecular weight is 273 g/mol. The molecular weight excluding hydrogens is 250 g/mol. The third-order valence-electron chi connectivity index (χ3n) is 2.37. The van der Waals surface area contributed by atoms with E-state index in [9.17, 15) is 4.79 Å². The summed E-state index contributed by atoms with van der Waals surface area (Å²) >= 11 is 0. The van der Waals surface area contributed by atoms with E-state index in [1.165, 1.54) is 13.3 Å². The lowest BCUT2D eigenvalue weighted by Gasteiger charge is -2.06. The molecule has 1 rings (SSSR count). The quantitative estimate of drug-likeness (QED) is 0.598. The molecule has 0 radical (unpaired) electrons. The van der Waals surface area contributed by atoms with E-state index in [-0.39, 0.29) is 5.97 Å². The average Bonchev–Trinajstić information content (AvgIpc) is 2.49. The number of methoxy groups -OCH3 is 1. The van der Waals surface area contributed by atoms with Crippen LogP contribution in [0.1, 0.15) is 36.7 Å². The molecule has 1 aromatic rings. The van der Waals surface area contributed by atoms with Gasteiger partial charge in [-0.15, -0.1) is 0 Å². The molecule has 0 atom stereocenters. The minimum atomic E-state index is -0.372. The van der Waals surface area contributed by atoms with Gasteiger partial charge in [0.25, 0.3) is 0 Å². The molecule has 0 fully saturated rings. The smallest absolute Gasteiger partial charge is 0.339 e. The predicted molar refractivity (Wildman–Crippen MR) is 83.7 cm³/mol. The highest BCUT2D eigenvalue weighted by Gasteiger charge is 2.11. The van der Waals surface area contributed by atoms with E-state index >= 15 is 0 Å². The summed E-state index contributed by atoms with van der Waals surface area (Å²) in [4.78, 5) is 15.5. The van der Waals surface area contributed by atoms with Gasteiger partial charge >= 0.3 is 5.97 Å². The highest BCUT2D eigenvalue weighted by atomic mass is 16.5. The Labute approximate surface area is 121 Å².